The lowest BCUT2D eigenvalue weighted by atomic mass is 10.1. The number of aromatic nitrogens is 3. The average Bonchev–Trinajstić information content (AvgIpc) is 3.26. The molecule has 0 aliphatic carbocycles. The minimum absolute atomic E-state index is 0. The van der Waals surface area contributed by atoms with E-state index in [0.29, 0.717) is 32.8 Å². The van der Waals surface area contributed by atoms with E-state index in [-0.39, 0.29) is 30.5 Å². The van der Waals surface area contributed by atoms with E-state index in [0.717, 1.165) is 31.7 Å². The number of piperazine rings is 1. The molecule has 2 aromatic heterocycles. The van der Waals surface area contributed by atoms with Gasteiger partial charge < -0.3 is 10.2 Å². The maximum atomic E-state index is 12.8. The molecule has 1 saturated heterocycles. The zero-order valence-corrected chi connectivity index (χ0v) is 20.4. The first-order chi connectivity index (χ1) is 15.5. The van der Waals surface area contributed by atoms with Crippen LogP contribution in [0.5, 0.6) is 0 Å². The number of likely N-dealkylation sites (N-methyl/N-ethyl adjacent to an activating group) is 1. The first-order valence-electron chi connectivity index (χ1n) is 10.2. The van der Waals surface area contributed by atoms with Gasteiger partial charge in [0.15, 0.2) is 5.78 Å². The smallest absolute Gasteiger partial charge is 0.238 e. The van der Waals surface area contributed by atoms with Crippen LogP contribution in [0.25, 0.3) is 10.6 Å². The summed E-state index contributed by atoms with van der Waals surface area (Å²) in [5.41, 5.74) is 1.76. The number of Topliss-reactive ketones (excluding diaryl/α,β-unsaturated/α-hetero) is 1. The number of nitrogens with zero attached hydrogens (tertiary/aromatic N) is 5. The molecule has 0 saturated carbocycles. The maximum Gasteiger partial charge on any atom is 0.238 e. The van der Waals surface area contributed by atoms with E-state index >= 15 is 0 Å². The lowest BCUT2D eigenvalue weighted by molar-refractivity contribution is -0.117. The van der Waals surface area contributed by atoms with Crippen molar-refractivity contribution in [3.63, 3.8) is 0 Å². The van der Waals surface area contributed by atoms with Crippen LogP contribution in [0.4, 0.5) is 5.69 Å². The molecule has 0 spiro atoms. The Kier molecular flexibility index (Phi) is 8.87. The number of ketones is 1. The molecule has 1 aliphatic heterocycles. The summed E-state index contributed by atoms with van der Waals surface area (Å²) in [6, 6.07) is 8.63. The number of rotatable bonds is 7. The molecule has 174 valence electrons. The number of anilines is 1. The van der Waals surface area contributed by atoms with Gasteiger partial charge in [0.2, 0.25) is 5.91 Å². The summed E-state index contributed by atoms with van der Waals surface area (Å²) in [4.78, 5) is 33.7. The molecule has 8 nitrogen and oxygen atoms in total. The molecule has 3 heterocycles. The Labute approximate surface area is 207 Å². The van der Waals surface area contributed by atoms with Crippen molar-refractivity contribution in [1.29, 1.82) is 0 Å². The molecule has 1 aliphatic rings. The summed E-state index contributed by atoms with van der Waals surface area (Å²) in [5.74, 6) is -0.267. The Morgan fingerprint density at radius 3 is 2.67 bits per heavy atom. The van der Waals surface area contributed by atoms with Gasteiger partial charge in [-0.15, -0.1) is 22.6 Å². The van der Waals surface area contributed by atoms with Crippen LogP contribution >= 0.6 is 35.3 Å². The zero-order chi connectivity index (χ0) is 22.5. The van der Waals surface area contributed by atoms with E-state index in [9.17, 15) is 9.59 Å². The highest BCUT2D eigenvalue weighted by molar-refractivity contribution is 7.14. The van der Waals surface area contributed by atoms with Gasteiger partial charge >= 0.3 is 0 Å². The summed E-state index contributed by atoms with van der Waals surface area (Å²) in [6.45, 7) is 3.86. The van der Waals surface area contributed by atoms with Gasteiger partial charge in [-0.1, -0.05) is 22.9 Å². The van der Waals surface area contributed by atoms with E-state index in [1.54, 1.807) is 30.6 Å². The Morgan fingerprint density at radius 1 is 1.15 bits per heavy atom. The largest absolute Gasteiger partial charge is 0.324 e. The predicted molar refractivity (Wildman–Crippen MR) is 132 cm³/mol. The van der Waals surface area contributed by atoms with E-state index in [2.05, 4.69) is 37.3 Å². The fraction of sp³-hybridized carbons (Fsp3) is 0.318. The third-order valence-corrected chi connectivity index (χ3v) is 6.51. The monoisotopic (exact) mass is 506 g/mol. The first kappa shape index (κ1) is 25.2. The van der Waals surface area contributed by atoms with Crippen LogP contribution in [0.1, 0.15) is 15.4 Å². The second-order valence-electron chi connectivity index (χ2n) is 7.66. The number of carbonyl (C=O) groups excluding carboxylic acids is 2. The second-order valence-corrected chi connectivity index (χ2v) is 9.13. The SMILES string of the molecule is CN1CCN(CC(=O)Nc2cc(C(=O)Cc3nnc(-c4cccnc4)s3)ccc2Cl)CC1.Cl. The van der Waals surface area contributed by atoms with Crippen LogP contribution < -0.4 is 5.32 Å². The molecule has 1 fully saturated rings. The lowest BCUT2D eigenvalue weighted by Gasteiger charge is -2.31. The van der Waals surface area contributed by atoms with E-state index in [1.165, 1.54) is 11.3 Å². The van der Waals surface area contributed by atoms with Crippen LogP contribution in [0.3, 0.4) is 0 Å². The zero-order valence-electron chi connectivity index (χ0n) is 18.0. The van der Waals surface area contributed by atoms with Crippen molar-refractivity contribution in [2.24, 2.45) is 0 Å². The molecule has 33 heavy (non-hydrogen) atoms. The van der Waals surface area contributed by atoms with Gasteiger partial charge in [0.25, 0.3) is 0 Å². The molecule has 1 N–H and O–H groups in total. The quantitative estimate of drug-likeness (QED) is 0.491. The average molecular weight is 507 g/mol. The molecule has 4 rings (SSSR count). The van der Waals surface area contributed by atoms with Gasteiger partial charge in [-0.25, -0.2) is 0 Å². The Bertz CT molecular complexity index is 1100. The second kappa shape index (κ2) is 11.6. The lowest BCUT2D eigenvalue weighted by Crippen LogP contribution is -2.47. The predicted octanol–water partition coefficient (Wildman–Crippen LogP) is 3.29. The molecule has 1 amide bonds. The summed E-state index contributed by atoms with van der Waals surface area (Å²) in [6.07, 6.45) is 3.52. The number of benzene rings is 1. The number of amides is 1. The van der Waals surface area contributed by atoms with Gasteiger partial charge in [0.1, 0.15) is 10.0 Å². The number of hydrogen-bond donors (Lipinski definition) is 1. The van der Waals surface area contributed by atoms with Crippen molar-refractivity contribution >= 4 is 52.7 Å². The van der Waals surface area contributed by atoms with Crippen molar-refractivity contribution < 1.29 is 9.59 Å². The molecule has 0 unspecified atom stereocenters. The van der Waals surface area contributed by atoms with Crippen LogP contribution in [-0.4, -0.2) is 76.4 Å². The highest BCUT2D eigenvalue weighted by atomic mass is 35.5. The summed E-state index contributed by atoms with van der Waals surface area (Å²) >= 11 is 7.62. The molecule has 0 atom stereocenters. The third kappa shape index (κ3) is 6.78. The highest BCUT2D eigenvalue weighted by Gasteiger charge is 2.18. The van der Waals surface area contributed by atoms with E-state index in [1.807, 2.05) is 12.1 Å². The van der Waals surface area contributed by atoms with Crippen molar-refractivity contribution in [1.82, 2.24) is 25.0 Å². The van der Waals surface area contributed by atoms with Crippen molar-refractivity contribution in [2.45, 2.75) is 6.42 Å². The van der Waals surface area contributed by atoms with Crippen LogP contribution in [-0.2, 0) is 11.2 Å². The van der Waals surface area contributed by atoms with Crippen LogP contribution in [0.15, 0.2) is 42.7 Å². The first-order valence-corrected chi connectivity index (χ1v) is 11.4. The minimum atomic E-state index is -0.147. The van der Waals surface area contributed by atoms with Gasteiger partial charge in [-0.3, -0.25) is 19.5 Å². The van der Waals surface area contributed by atoms with E-state index in [4.69, 9.17) is 11.6 Å². The van der Waals surface area contributed by atoms with Gasteiger partial charge in [0, 0.05) is 49.7 Å². The summed E-state index contributed by atoms with van der Waals surface area (Å²) in [5, 5.41) is 12.9. The van der Waals surface area contributed by atoms with Crippen LogP contribution in [0, 0.1) is 0 Å². The standard InChI is InChI=1S/C22H23ClN6O2S.ClH/c1-28-7-9-29(10-8-28)14-20(31)25-18-11-15(4-5-17(18)23)19(30)12-21-26-27-22(32-21)16-3-2-6-24-13-16;/h2-6,11,13H,7-10,12,14H2,1H3,(H,25,31);1H. The number of hydrogen-bond acceptors (Lipinski definition) is 8. The van der Waals surface area contributed by atoms with Crippen LogP contribution in [0.2, 0.25) is 5.02 Å². The normalized spacial score (nSPS) is 14.5. The van der Waals surface area contributed by atoms with Gasteiger partial charge in [0.05, 0.1) is 23.7 Å². The number of carbonyl (C=O) groups is 2. The Morgan fingerprint density at radius 2 is 1.94 bits per heavy atom. The van der Waals surface area contributed by atoms with Gasteiger partial charge in [-0.05, 0) is 37.4 Å². The van der Waals surface area contributed by atoms with Gasteiger partial charge in [-0.2, -0.15) is 0 Å². The maximum absolute atomic E-state index is 12.8. The number of halogens is 2. The fourth-order valence-corrected chi connectivity index (χ4v) is 4.36. The molecular formula is C22H24Cl2N6O2S. The topological polar surface area (TPSA) is 91.3 Å². The number of pyridine rings is 1. The third-order valence-electron chi connectivity index (χ3n) is 5.21. The molecule has 3 aromatic rings. The van der Waals surface area contributed by atoms with Crippen molar-refractivity contribution in [2.75, 3.05) is 45.1 Å². The summed E-state index contributed by atoms with van der Waals surface area (Å²) < 4.78 is 0. The Hall–Kier alpha value is -2.43. The minimum Gasteiger partial charge on any atom is -0.324 e. The number of nitrogens with one attached hydrogen (secondary N) is 1. The molecule has 0 bridgehead atoms. The highest BCUT2D eigenvalue weighted by Crippen LogP contribution is 2.26. The Balaban J connectivity index is 0.00000306. The molecular weight excluding hydrogens is 483 g/mol. The van der Waals surface area contributed by atoms with E-state index < -0.39 is 0 Å². The summed E-state index contributed by atoms with van der Waals surface area (Å²) in [7, 11) is 2.07. The fourth-order valence-electron chi connectivity index (χ4n) is 3.36. The molecule has 0 radical (unpaired) electrons. The van der Waals surface area contributed by atoms with Crippen molar-refractivity contribution in [3.05, 3.63) is 58.3 Å². The molecule has 11 heteroatoms. The van der Waals surface area contributed by atoms with Crippen molar-refractivity contribution in [3.8, 4) is 10.6 Å². The molecule has 1 aromatic carbocycles.